The summed E-state index contributed by atoms with van der Waals surface area (Å²) in [7, 11) is 1.45. The van der Waals surface area contributed by atoms with Gasteiger partial charge in [-0.2, -0.15) is 11.8 Å². The predicted molar refractivity (Wildman–Crippen MR) is 163 cm³/mol. The SMILES string of the molecule is COC(=O)CC1(CSC(CCc2ccccc2Br)c2cccc(C=Cc3ccc4cc(F)c(F)cc4n3)c2)CC1. The second-order valence-corrected chi connectivity index (χ2v) is 12.4. The topological polar surface area (TPSA) is 39.2 Å². The van der Waals surface area contributed by atoms with Crippen LogP contribution < -0.4 is 0 Å². The van der Waals surface area contributed by atoms with E-state index in [9.17, 15) is 13.6 Å². The number of halogens is 3. The van der Waals surface area contributed by atoms with Gasteiger partial charge < -0.3 is 4.74 Å². The number of fused-ring (bicyclic) bond motifs is 1. The third kappa shape index (κ3) is 7.18. The van der Waals surface area contributed by atoms with Crippen LogP contribution in [0, 0.1) is 17.0 Å². The Hall–Kier alpha value is -3.03. The number of thioether (sulfide) groups is 1. The molecule has 1 unspecified atom stereocenters. The largest absolute Gasteiger partial charge is 0.469 e. The van der Waals surface area contributed by atoms with Crippen molar-refractivity contribution in [2.75, 3.05) is 12.9 Å². The number of ether oxygens (including phenoxy) is 1. The van der Waals surface area contributed by atoms with Crippen LogP contribution in [0.1, 0.15) is 53.3 Å². The lowest BCUT2D eigenvalue weighted by Crippen LogP contribution is -2.14. The highest BCUT2D eigenvalue weighted by atomic mass is 79.9. The van der Waals surface area contributed by atoms with Crippen molar-refractivity contribution in [1.29, 1.82) is 0 Å². The van der Waals surface area contributed by atoms with Gasteiger partial charge in [0.15, 0.2) is 11.6 Å². The van der Waals surface area contributed by atoms with E-state index in [1.165, 1.54) is 18.2 Å². The van der Waals surface area contributed by atoms with Gasteiger partial charge in [-0.1, -0.05) is 70.5 Å². The molecule has 0 amide bonds. The summed E-state index contributed by atoms with van der Waals surface area (Å²) in [6.45, 7) is 0. The summed E-state index contributed by atoms with van der Waals surface area (Å²) in [4.78, 5) is 16.5. The van der Waals surface area contributed by atoms with Crippen molar-refractivity contribution >= 4 is 56.7 Å². The molecule has 1 aliphatic rings. The molecule has 1 atom stereocenters. The van der Waals surface area contributed by atoms with Crippen molar-refractivity contribution in [3.63, 3.8) is 0 Å². The Balaban J connectivity index is 1.35. The fraction of sp³-hybridized carbons (Fsp3) is 0.273. The van der Waals surface area contributed by atoms with Crippen molar-refractivity contribution in [1.82, 2.24) is 4.98 Å². The predicted octanol–water partition coefficient (Wildman–Crippen LogP) is 9.20. The van der Waals surface area contributed by atoms with E-state index in [4.69, 9.17) is 4.74 Å². The third-order valence-electron chi connectivity index (χ3n) is 7.41. The molecule has 206 valence electrons. The molecular formula is C33H30BrF2NO2S. The number of pyridine rings is 1. The number of aryl methyl sites for hydroxylation is 1. The molecule has 7 heteroatoms. The van der Waals surface area contributed by atoms with E-state index in [1.54, 1.807) is 12.1 Å². The van der Waals surface area contributed by atoms with Crippen LogP contribution in [0.3, 0.4) is 0 Å². The van der Waals surface area contributed by atoms with Crippen LogP contribution >= 0.6 is 27.7 Å². The van der Waals surface area contributed by atoms with Crippen LogP contribution in [0.5, 0.6) is 0 Å². The average molecular weight is 623 g/mol. The summed E-state index contributed by atoms with van der Waals surface area (Å²) < 4.78 is 33.3. The molecule has 0 spiro atoms. The Morgan fingerprint density at radius 3 is 2.62 bits per heavy atom. The Bertz CT molecular complexity index is 1550. The van der Waals surface area contributed by atoms with E-state index >= 15 is 0 Å². The highest BCUT2D eigenvalue weighted by Crippen LogP contribution is 2.53. The molecule has 4 aromatic rings. The zero-order valence-electron chi connectivity index (χ0n) is 22.2. The molecule has 1 heterocycles. The summed E-state index contributed by atoms with van der Waals surface area (Å²) in [5, 5.41) is 0.816. The number of methoxy groups -OCH3 is 1. The smallest absolute Gasteiger partial charge is 0.306 e. The van der Waals surface area contributed by atoms with E-state index in [0.717, 1.165) is 53.6 Å². The Kier molecular flexibility index (Phi) is 9.01. The zero-order chi connectivity index (χ0) is 28.1. The number of carbonyl (C=O) groups is 1. The second-order valence-electron chi connectivity index (χ2n) is 10.4. The summed E-state index contributed by atoms with van der Waals surface area (Å²) in [6, 6.07) is 22.6. The van der Waals surface area contributed by atoms with Gasteiger partial charge in [0, 0.05) is 26.9 Å². The molecule has 1 aliphatic carbocycles. The molecule has 1 fully saturated rings. The van der Waals surface area contributed by atoms with Gasteiger partial charge in [0.2, 0.25) is 0 Å². The summed E-state index contributed by atoms with van der Waals surface area (Å²) in [6.07, 6.45) is 8.37. The number of aromatic nitrogens is 1. The Morgan fingerprint density at radius 1 is 1.05 bits per heavy atom. The molecule has 0 bridgehead atoms. The molecule has 3 nitrogen and oxygen atoms in total. The van der Waals surface area contributed by atoms with Gasteiger partial charge in [0.1, 0.15) is 0 Å². The summed E-state index contributed by atoms with van der Waals surface area (Å²) in [5.74, 6) is -0.995. The first kappa shape index (κ1) is 28.5. The van der Waals surface area contributed by atoms with Crippen molar-refractivity contribution in [3.8, 4) is 0 Å². The van der Waals surface area contributed by atoms with Gasteiger partial charge >= 0.3 is 5.97 Å². The lowest BCUT2D eigenvalue weighted by Gasteiger charge is -2.21. The number of benzene rings is 3. The molecule has 3 aromatic carbocycles. The Morgan fingerprint density at radius 2 is 1.85 bits per heavy atom. The van der Waals surface area contributed by atoms with Gasteiger partial charge in [0.25, 0.3) is 0 Å². The van der Waals surface area contributed by atoms with Crippen LogP contribution in [-0.2, 0) is 16.0 Å². The summed E-state index contributed by atoms with van der Waals surface area (Å²) >= 11 is 5.61. The fourth-order valence-corrected chi connectivity index (χ4v) is 6.86. The van der Waals surface area contributed by atoms with Crippen LogP contribution in [-0.4, -0.2) is 23.8 Å². The lowest BCUT2D eigenvalue weighted by atomic mass is 10.0. The normalized spacial score (nSPS) is 14.9. The maximum atomic E-state index is 13.7. The van der Waals surface area contributed by atoms with Crippen LogP contribution in [0.2, 0.25) is 0 Å². The van der Waals surface area contributed by atoms with Gasteiger partial charge in [-0.3, -0.25) is 4.79 Å². The minimum absolute atomic E-state index is 0.0466. The van der Waals surface area contributed by atoms with Crippen LogP contribution in [0.25, 0.3) is 23.1 Å². The van der Waals surface area contributed by atoms with Crippen molar-refractivity contribution < 1.29 is 18.3 Å². The number of rotatable bonds is 11. The molecule has 0 N–H and O–H groups in total. The van der Waals surface area contributed by atoms with Crippen LogP contribution in [0.15, 0.2) is 77.3 Å². The molecular weight excluding hydrogens is 592 g/mol. The van der Waals surface area contributed by atoms with E-state index in [-0.39, 0.29) is 16.6 Å². The van der Waals surface area contributed by atoms with Crippen molar-refractivity contribution in [3.05, 3.63) is 111 Å². The number of hydrogen-bond donors (Lipinski definition) is 0. The minimum Gasteiger partial charge on any atom is -0.469 e. The van der Waals surface area contributed by atoms with Gasteiger partial charge in [-0.15, -0.1) is 0 Å². The van der Waals surface area contributed by atoms with E-state index in [0.29, 0.717) is 23.0 Å². The lowest BCUT2D eigenvalue weighted by molar-refractivity contribution is -0.141. The van der Waals surface area contributed by atoms with Gasteiger partial charge in [0.05, 0.1) is 24.7 Å². The number of hydrogen-bond acceptors (Lipinski definition) is 4. The highest BCUT2D eigenvalue weighted by Gasteiger charge is 2.45. The van der Waals surface area contributed by atoms with E-state index < -0.39 is 11.6 Å². The fourth-order valence-electron chi connectivity index (χ4n) is 4.81. The monoisotopic (exact) mass is 621 g/mol. The maximum Gasteiger partial charge on any atom is 0.306 e. The first-order valence-electron chi connectivity index (χ1n) is 13.3. The standard InChI is InChI=1S/C33H30BrF2NO2S/c1-39-32(38)20-33(15-16-33)21-40-31(14-11-23-6-2-3-8-27(23)34)25-7-4-5-22(17-25)9-12-26-13-10-24-18-28(35)29(36)19-30(24)37-26/h2-10,12-13,17-19,31H,11,14-16,20-21H2,1H3. The number of nitrogens with zero attached hydrogens (tertiary/aromatic N) is 1. The third-order valence-corrected chi connectivity index (χ3v) is 9.87. The van der Waals surface area contributed by atoms with E-state index in [1.807, 2.05) is 36.0 Å². The molecule has 5 rings (SSSR count). The average Bonchev–Trinajstić information content (AvgIpc) is 3.72. The molecule has 0 radical (unpaired) electrons. The minimum atomic E-state index is -0.903. The first-order chi connectivity index (χ1) is 19.3. The first-order valence-corrected chi connectivity index (χ1v) is 15.1. The molecule has 0 aliphatic heterocycles. The number of carbonyl (C=O) groups excluding carboxylic acids is 1. The second kappa shape index (κ2) is 12.6. The van der Waals surface area contributed by atoms with Crippen LogP contribution in [0.4, 0.5) is 8.78 Å². The number of esters is 1. The van der Waals surface area contributed by atoms with E-state index in [2.05, 4.69) is 57.3 Å². The van der Waals surface area contributed by atoms with Gasteiger partial charge in [-0.25, -0.2) is 13.8 Å². The molecule has 1 aromatic heterocycles. The molecule has 40 heavy (non-hydrogen) atoms. The van der Waals surface area contributed by atoms with Gasteiger partial charge in [-0.05, 0) is 72.1 Å². The Labute approximate surface area is 246 Å². The van der Waals surface area contributed by atoms with Crippen molar-refractivity contribution in [2.24, 2.45) is 5.41 Å². The molecule has 0 saturated heterocycles. The van der Waals surface area contributed by atoms with Crippen molar-refractivity contribution in [2.45, 2.75) is 37.4 Å². The maximum absolute atomic E-state index is 13.7. The quantitative estimate of drug-likeness (QED) is 0.156. The molecule has 1 saturated carbocycles. The zero-order valence-corrected chi connectivity index (χ0v) is 24.6. The highest BCUT2D eigenvalue weighted by molar-refractivity contribution is 9.10. The summed E-state index contributed by atoms with van der Waals surface area (Å²) in [5.41, 5.74) is 4.68.